The molecule has 0 radical (unpaired) electrons. The van der Waals surface area contributed by atoms with Crippen molar-refractivity contribution < 1.29 is 12.4 Å². The third-order valence-electron chi connectivity index (χ3n) is 6.67. The second-order valence-electron chi connectivity index (χ2n) is 9.08. The molecule has 36 heavy (non-hydrogen) atoms. The first-order valence-electron chi connectivity index (χ1n) is 12.5. The van der Waals surface area contributed by atoms with Crippen LogP contribution in [0.4, 0.5) is 22.2 Å². The van der Waals surface area contributed by atoms with Gasteiger partial charge >= 0.3 is 6.03 Å². The van der Waals surface area contributed by atoms with Crippen LogP contribution in [-0.2, 0) is 11.2 Å². The van der Waals surface area contributed by atoms with Crippen molar-refractivity contribution in [1.82, 2.24) is 25.3 Å². The summed E-state index contributed by atoms with van der Waals surface area (Å²) in [6.45, 7) is 9.72. The zero-order valence-corrected chi connectivity index (χ0v) is 20.9. The number of nitrogens with one attached hydrogen (secondary N) is 2. The lowest BCUT2D eigenvalue weighted by atomic mass is 9.97. The van der Waals surface area contributed by atoms with Crippen LogP contribution in [0.5, 0.6) is 0 Å². The molecule has 1 fully saturated rings. The maximum Gasteiger partial charge on any atom is 0.319 e. The summed E-state index contributed by atoms with van der Waals surface area (Å²) in [5, 5.41) is 5.58. The monoisotopic (exact) mass is 492 g/mol. The molecule has 2 unspecified atom stereocenters. The molecule has 4 heterocycles. The van der Waals surface area contributed by atoms with Crippen LogP contribution in [0.2, 0.25) is 0 Å². The van der Waals surface area contributed by atoms with Crippen LogP contribution in [-0.4, -0.2) is 64.9 Å². The third kappa shape index (κ3) is 4.81. The Morgan fingerprint density at radius 2 is 1.89 bits per heavy atom. The SMILES string of the molecule is CCNC(=O)Nc1ccc(-c2nc3c(c(N4CCOCC4C)n2)CCN(c2ncccn2)C3C)cc1.[HH].[HH]. The van der Waals surface area contributed by atoms with Gasteiger partial charge in [-0.25, -0.2) is 24.7 Å². The van der Waals surface area contributed by atoms with Crippen LogP contribution in [0.15, 0.2) is 42.7 Å². The van der Waals surface area contributed by atoms with E-state index < -0.39 is 0 Å². The minimum atomic E-state index is -0.226. The molecule has 2 N–H and O–H groups in total. The van der Waals surface area contributed by atoms with E-state index in [4.69, 9.17) is 14.7 Å². The predicted octanol–water partition coefficient (Wildman–Crippen LogP) is 3.92. The largest absolute Gasteiger partial charge is 0.377 e. The molecular formula is C26H36N8O2. The van der Waals surface area contributed by atoms with Gasteiger partial charge in [-0.15, -0.1) is 0 Å². The van der Waals surface area contributed by atoms with Gasteiger partial charge in [-0.3, -0.25) is 0 Å². The summed E-state index contributed by atoms with van der Waals surface area (Å²) in [4.78, 5) is 35.6. The topological polar surface area (TPSA) is 108 Å². The lowest BCUT2D eigenvalue weighted by Crippen LogP contribution is -2.46. The second kappa shape index (κ2) is 10.4. The van der Waals surface area contributed by atoms with E-state index in [-0.39, 0.29) is 21.0 Å². The van der Waals surface area contributed by atoms with Gasteiger partial charge in [0.05, 0.1) is 31.0 Å². The number of anilines is 3. The molecule has 2 atom stereocenters. The van der Waals surface area contributed by atoms with Gasteiger partial charge in [-0.05, 0) is 57.5 Å². The number of amides is 2. The highest BCUT2D eigenvalue weighted by Gasteiger charge is 2.33. The lowest BCUT2D eigenvalue weighted by molar-refractivity contribution is 0.0984. The Hall–Kier alpha value is -3.79. The van der Waals surface area contributed by atoms with Crippen LogP contribution >= 0.6 is 0 Å². The molecule has 2 amide bonds. The van der Waals surface area contributed by atoms with Crippen LogP contribution in [0.25, 0.3) is 11.4 Å². The van der Waals surface area contributed by atoms with Crippen molar-refractivity contribution in [2.24, 2.45) is 0 Å². The van der Waals surface area contributed by atoms with Crippen molar-refractivity contribution in [2.75, 3.05) is 48.0 Å². The number of ether oxygens (including phenoxy) is 1. The first-order valence-corrected chi connectivity index (χ1v) is 12.5. The van der Waals surface area contributed by atoms with Crippen LogP contribution < -0.4 is 20.4 Å². The molecule has 1 aromatic carbocycles. The van der Waals surface area contributed by atoms with Gasteiger partial charge < -0.3 is 25.2 Å². The molecule has 0 aliphatic carbocycles. The van der Waals surface area contributed by atoms with Gasteiger partial charge in [0.1, 0.15) is 5.82 Å². The number of carbonyl (C=O) groups excluding carboxylic acids is 1. The number of aromatic nitrogens is 4. The quantitative estimate of drug-likeness (QED) is 0.552. The third-order valence-corrected chi connectivity index (χ3v) is 6.67. The zero-order valence-electron chi connectivity index (χ0n) is 20.9. The van der Waals surface area contributed by atoms with Crippen molar-refractivity contribution in [3.05, 3.63) is 54.0 Å². The maximum atomic E-state index is 11.9. The molecule has 1 saturated heterocycles. The molecule has 5 rings (SSSR count). The fraction of sp³-hybridized carbons (Fsp3) is 0.423. The van der Waals surface area contributed by atoms with Gasteiger partial charge in [-0.1, -0.05) is 0 Å². The van der Waals surface area contributed by atoms with Crippen molar-refractivity contribution in [2.45, 2.75) is 39.3 Å². The average molecular weight is 493 g/mol. The highest BCUT2D eigenvalue weighted by Crippen LogP contribution is 2.37. The molecule has 0 bridgehead atoms. The maximum absolute atomic E-state index is 11.9. The van der Waals surface area contributed by atoms with E-state index in [1.54, 1.807) is 12.4 Å². The molecule has 192 valence electrons. The second-order valence-corrected chi connectivity index (χ2v) is 9.08. The van der Waals surface area contributed by atoms with E-state index in [0.717, 1.165) is 36.6 Å². The van der Waals surface area contributed by atoms with Gasteiger partial charge in [0, 0.05) is 51.7 Å². The standard InChI is InChI=1S/C26H32N8O2.2H2/c1-4-27-26(35)30-20-8-6-19(7-9-20)23-31-22-18(3)34(25-28-11-5-12-29-25)13-10-21(22)24(32-23)33-14-15-36-16-17(33)2;;/h5-9,11-12,17-18H,4,10,13-16H2,1-3H3,(H2,27,30,35);2*1H. The van der Waals surface area contributed by atoms with E-state index in [1.807, 2.05) is 37.3 Å². The van der Waals surface area contributed by atoms with Gasteiger partial charge in [0.2, 0.25) is 5.95 Å². The summed E-state index contributed by atoms with van der Waals surface area (Å²) in [5.74, 6) is 2.35. The fourth-order valence-corrected chi connectivity index (χ4v) is 4.81. The molecule has 2 aromatic heterocycles. The Balaban J connectivity index is 0.00000200. The molecule has 2 aliphatic rings. The number of rotatable bonds is 5. The normalized spacial score (nSPS) is 19.5. The minimum absolute atomic E-state index is 0. The number of hydrogen-bond donors (Lipinski definition) is 2. The van der Waals surface area contributed by atoms with Gasteiger partial charge in [0.15, 0.2) is 5.82 Å². The van der Waals surface area contributed by atoms with Gasteiger partial charge in [0.25, 0.3) is 0 Å². The van der Waals surface area contributed by atoms with E-state index in [1.165, 1.54) is 5.56 Å². The van der Waals surface area contributed by atoms with Crippen molar-refractivity contribution in [3.8, 4) is 11.4 Å². The van der Waals surface area contributed by atoms with Gasteiger partial charge in [-0.2, -0.15) is 0 Å². The van der Waals surface area contributed by atoms with E-state index in [0.29, 0.717) is 37.2 Å². The molecular weight excluding hydrogens is 456 g/mol. The molecule has 10 heteroatoms. The minimum Gasteiger partial charge on any atom is -0.377 e. The summed E-state index contributed by atoms with van der Waals surface area (Å²) in [6.07, 6.45) is 4.35. The molecule has 10 nitrogen and oxygen atoms in total. The molecule has 0 saturated carbocycles. The Morgan fingerprint density at radius 3 is 2.61 bits per heavy atom. The summed E-state index contributed by atoms with van der Waals surface area (Å²) in [5.41, 5.74) is 3.78. The number of carbonyl (C=O) groups is 1. The van der Waals surface area contributed by atoms with E-state index in [2.05, 4.69) is 44.2 Å². The molecule has 3 aromatic rings. The highest BCUT2D eigenvalue weighted by atomic mass is 16.5. The summed E-state index contributed by atoms with van der Waals surface area (Å²) in [7, 11) is 0. The number of urea groups is 1. The van der Waals surface area contributed by atoms with Crippen molar-refractivity contribution in [1.29, 1.82) is 0 Å². The number of fused-ring (bicyclic) bond motifs is 1. The average Bonchev–Trinajstić information content (AvgIpc) is 2.90. The van der Waals surface area contributed by atoms with Crippen LogP contribution in [0.1, 0.15) is 40.9 Å². The van der Waals surface area contributed by atoms with E-state index >= 15 is 0 Å². The first kappa shape index (κ1) is 23.9. The highest BCUT2D eigenvalue weighted by molar-refractivity contribution is 5.89. The predicted molar refractivity (Wildman–Crippen MR) is 144 cm³/mol. The molecule has 2 aliphatic heterocycles. The number of hydrogen-bond acceptors (Lipinski definition) is 8. The van der Waals surface area contributed by atoms with Crippen LogP contribution in [0, 0.1) is 0 Å². The first-order chi connectivity index (χ1) is 17.5. The smallest absolute Gasteiger partial charge is 0.319 e. The summed E-state index contributed by atoms with van der Waals surface area (Å²) >= 11 is 0. The zero-order chi connectivity index (χ0) is 25.1. The Labute approximate surface area is 214 Å². The lowest BCUT2D eigenvalue weighted by Gasteiger charge is -2.39. The molecule has 0 spiro atoms. The van der Waals surface area contributed by atoms with E-state index in [9.17, 15) is 4.79 Å². The summed E-state index contributed by atoms with van der Waals surface area (Å²) < 4.78 is 5.70. The fourth-order valence-electron chi connectivity index (χ4n) is 4.81. The summed E-state index contributed by atoms with van der Waals surface area (Å²) in [6, 6.07) is 9.45. The Kier molecular flexibility index (Phi) is 6.95. The Bertz CT molecular complexity index is 1220. The number of benzene rings is 1. The van der Waals surface area contributed by atoms with Crippen molar-refractivity contribution >= 4 is 23.5 Å². The number of nitrogens with zero attached hydrogens (tertiary/aromatic N) is 6. The van der Waals surface area contributed by atoms with Crippen molar-refractivity contribution in [3.63, 3.8) is 0 Å². The number of morpholine rings is 1. The Morgan fingerprint density at radius 1 is 1.11 bits per heavy atom. The van der Waals surface area contributed by atoms with Crippen LogP contribution in [0.3, 0.4) is 0 Å².